The summed E-state index contributed by atoms with van der Waals surface area (Å²) in [5.41, 5.74) is 4.19. The third kappa shape index (κ3) is 4.54. The van der Waals surface area contributed by atoms with E-state index in [1.165, 1.54) is 23.4 Å². The van der Waals surface area contributed by atoms with Gasteiger partial charge in [-0.15, -0.1) is 0 Å². The number of rotatable bonds is 5. The highest BCUT2D eigenvalue weighted by molar-refractivity contribution is 5.74. The quantitative estimate of drug-likeness (QED) is 0.465. The standard InChI is InChI=1S/C26H30F3N3/c1-3-9-20(17-21(10-4-2)26(27,28)29)22-18-25-24(14-8-16-32(25)30-22)31-15-7-12-19-11-5-6-13-23(19)31/h3,5-6,9-11,13,17-18,24H,4,7-8,12,14-16H2,1-2H3/b9-3-,20-17+,21-10-. The number of hydrogen-bond donors (Lipinski definition) is 0. The van der Waals surface area contributed by atoms with Crippen molar-refractivity contribution in [3.63, 3.8) is 0 Å². The van der Waals surface area contributed by atoms with Crippen LogP contribution in [-0.4, -0.2) is 22.5 Å². The largest absolute Gasteiger partial charge is 0.416 e. The molecule has 1 aromatic heterocycles. The number of fused-ring (bicyclic) bond motifs is 2. The number of anilines is 1. The monoisotopic (exact) mass is 441 g/mol. The summed E-state index contributed by atoms with van der Waals surface area (Å²) in [6.07, 6.45) is 6.09. The van der Waals surface area contributed by atoms with E-state index in [0.717, 1.165) is 44.5 Å². The van der Waals surface area contributed by atoms with Crippen LogP contribution in [0.5, 0.6) is 0 Å². The van der Waals surface area contributed by atoms with E-state index >= 15 is 0 Å². The minimum atomic E-state index is -4.39. The van der Waals surface area contributed by atoms with Gasteiger partial charge in [0.25, 0.3) is 0 Å². The third-order valence-electron chi connectivity index (χ3n) is 6.23. The van der Waals surface area contributed by atoms with E-state index in [2.05, 4.69) is 29.2 Å². The van der Waals surface area contributed by atoms with Crippen molar-refractivity contribution >= 4 is 11.3 Å². The molecule has 2 aromatic rings. The summed E-state index contributed by atoms with van der Waals surface area (Å²) in [4.78, 5) is 2.46. The fourth-order valence-corrected chi connectivity index (χ4v) is 4.83. The van der Waals surface area contributed by atoms with Crippen molar-refractivity contribution < 1.29 is 13.2 Å². The van der Waals surface area contributed by atoms with Gasteiger partial charge in [0.2, 0.25) is 0 Å². The van der Waals surface area contributed by atoms with Gasteiger partial charge in [0.15, 0.2) is 0 Å². The average Bonchev–Trinajstić information content (AvgIpc) is 3.21. The molecule has 0 fully saturated rings. The highest BCUT2D eigenvalue weighted by atomic mass is 19.4. The predicted molar refractivity (Wildman–Crippen MR) is 124 cm³/mol. The molecule has 2 aliphatic heterocycles. The SMILES string of the molecule is C\C=C/C(=C\C(=C\CC)C(F)(F)F)c1cc2n(n1)CCCC2N1CCCc2ccccc21. The second kappa shape index (κ2) is 9.39. The van der Waals surface area contributed by atoms with Gasteiger partial charge in [-0.1, -0.05) is 43.4 Å². The molecule has 0 bridgehead atoms. The first-order valence-corrected chi connectivity index (χ1v) is 11.5. The zero-order valence-electron chi connectivity index (χ0n) is 18.7. The van der Waals surface area contributed by atoms with Gasteiger partial charge in [-0.05, 0) is 62.8 Å². The number of para-hydroxylation sites is 1. The van der Waals surface area contributed by atoms with Crippen LogP contribution in [0.1, 0.15) is 62.5 Å². The molecule has 0 aliphatic carbocycles. The van der Waals surface area contributed by atoms with Crippen LogP contribution in [0.2, 0.25) is 0 Å². The maximum Gasteiger partial charge on any atom is 0.416 e. The van der Waals surface area contributed by atoms with Crippen molar-refractivity contribution in [2.24, 2.45) is 0 Å². The van der Waals surface area contributed by atoms with Crippen LogP contribution in [0.4, 0.5) is 18.9 Å². The van der Waals surface area contributed by atoms with Crippen molar-refractivity contribution in [2.45, 2.75) is 64.7 Å². The molecule has 0 spiro atoms. The number of nitrogens with zero attached hydrogens (tertiary/aromatic N) is 3. The molecule has 4 rings (SSSR count). The topological polar surface area (TPSA) is 21.1 Å². The molecule has 2 aliphatic rings. The fourth-order valence-electron chi connectivity index (χ4n) is 4.83. The lowest BCUT2D eigenvalue weighted by atomic mass is 9.95. The Hall–Kier alpha value is -2.76. The van der Waals surface area contributed by atoms with Gasteiger partial charge in [0.05, 0.1) is 23.0 Å². The van der Waals surface area contributed by atoms with Gasteiger partial charge in [-0.25, -0.2) is 0 Å². The van der Waals surface area contributed by atoms with Crippen LogP contribution >= 0.6 is 0 Å². The van der Waals surface area contributed by atoms with Gasteiger partial charge in [-0.2, -0.15) is 18.3 Å². The molecule has 0 amide bonds. The predicted octanol–water partition coefficient (Wildman–Crippen LogP) is 7.03. The number of hydrogen-bond acceptors (Lipinski definition) is 2. The summed E-state index contributed by atoms with van der Waals surface area (Å²) in [7, 11) is 0. The Labute approximate surface area is 187 Å². The Morgan fingerprint density at radius 2 is 2.00 bits per heavy atom. The Bertz CT molecular complexity index is 1040. The van der Waals surface area contributed by atoms with E-state index in [9.17, 15) is 13.2 Å². The van der Waals surface area contributed by atoms with E-state index in [4.69, 9.17) is 5.10 Å². The van der Waals surface area contributed by atoms with Gasteiger partial charge in [0, 0.05) is 24.4 Å². The van der Waals surface area contributed by atoms with Gasteiger partial charge >= 0.3 is 6.18 Å². The molecule has 3 heterocycles. The van der Waals surface area contributed by atoms with Crippen LogP contribution in [0.15, 0.2) is 60.2 Å². The lowest BCUT2D eigenvalue weighted by Gasteiger charge is -2.40. The van der Waals surface area contributed by atoms with Crippen LogP contribution in [0, 0.1) is 0 Å². The van der Waals surface area contributed by atoms with E-state index in [0.29, 0.717) is 17.7 Å². The van der Waals surface area contributed by atoms with E-state index < -0.39 is 11.7 Å². The zero-order chi connectivity index (χ0) is 22.7. The Balaban J connectivity index is 1.73. The highest BCUT2D eigenvalue weighted by Gasteiger charge is 2.33. The fraction of sp³-hybridized carbons (Fsp3) is 0.423. The summed E-state index contributed by atoms with van der Waals surface area (Å²) in [5.74, 6) is 0. The van der Waals surface area contributed by atoms with Crippen molar-refractivity contribution in [1.82, 2.24) is 9.78 Å². The number of aromatic nitrogens is 2. The lowest BCUT2D eigenvalue weighted by molar-refractivity contribution is -0.0883. The number of halogens is 3. The molecule has 0 radical (unpaired) electrons. The lowest BCUT2D eigenvalue weighted by Crippen LogP contribution is -2.36. The molecule has 3 nitrogen and oxygen atoms in total. The Morgan fingerprint density at radius 1 is 1.19 bits per heavy atom. The molecular formula is C26H30F3N3. The molecule has 0 saturated carbocycles. The van der Waals surface area contributed by atoms with Gasteiger partial charge < -0.3 is 4.90 Å². The van der Waals surface area contributed by atoms with Gasteiger partial charge in [-0.3, -0.25) is 4.68 Å². The number of alkyl halides is 3. The molecule has 0 N–H and O–H groups in total. The first-order valence-electron chi connectivity index (χ1n) is 11.5. The minimum absolute atomic E-state index is 0.187. The van der Waals surface area contributed by atoms with Crippen LogP contribution < -0.4 is 4.90 Å². The van der Waals surface area contributed by atoms with E-state index in [1.54, 1.807) is 19.1 Å². The molecule has 170 valence electrons. The van der Waals surface area contributed by atoms with Crippen molar-refractivity contribution in [2.75, 3.05) is 11.4 Å². The first kappa shape index (κ1) is 22.4. The van der Waals surface area contributed by atoms with Gasteiger partial charge in [0.1, 0.15) is 0 Å². The number of benzene rings is 1. The maximum atomic E-state index is 13.5. The molecule has 1 aromatic carbocycles. The summed E-state index contributed by atoms with van der Waals surface area (Å²) >= 11 is 0. The summed E-state index contributed by atoms with van der Waals surface area (Å²) in [6.45, 7) is 5.30. The van der Waals surface area contributed by atoms with E-state index in [-0.39, 0.29) is 6.04 Å². The molecular weight excluding hydrogens is 411 g/mol. The zero-order valence-corrected chi connectivity index (χ0v) is 18.7. The molecule has 1 unspecified atom stereocenters. The highest BCUT2D eigenvalue weighted by Crippen LogP contribution is 2.39. The molecule has 0 saturated heterocycles. The second-order valence-corrected chi connectivity index (χ2v) is 8.43. The first-order chi connectivity index (χ1) is 15.4. The normalized spacial score (nSPS) is 19.9. The molecule has 32 heavy (non-hydrogen) atoms. The van der Waals surface area contributed by atoms with Crippen molar-refractivity contribution in [3.8, 4) is 0 Å². The number of aryl methyl sites for hydroxylation is 2. The van der Waals surface area contributed by atoms with Crippen LogP contribution in [0.3, 0.4) is 0 Å². The smallest absolute Gasteiger partial charge is 0.363 e. The third-order valence-corrected chi connectivity index (χ3v) is 6.23. The van der Waals surface area contributed by atoms with Crippen LogP contribution in [-0.2, 0) is 13.0 Å². The summed E-state index contributed by atoms with van der Waals surface area (Å²) < 4.78 is 42.6. The molecule has 1 atom stereocenters. The summed E-state index contributed by atoms with van der Waals surface area (Å²) in [6, 6.07) is 10.7. The maximum absolute atomic E-state index is 13.5. The second-order valence-electron chi connectivity index (χ2n) is 8.43. The summed E-state index contributed by atoms with van der Waals surface area (Å²) in [5, 5.41) is 4.74. The Morgan fingerprint density at radius 3 is 2.75 bits per heavy atom. The van der Waals surface area contributed by atoms with Crippen LogP contribution in [0.25, 0.3) is 5.57 Å². The number of allylic oxidation sites excluding steroid dienone is 6. The van der Waals surface area contributed by atoms with Crippen molar-refractivity contribution in [1.29, 1.82) is 0 Å². The van der Waals surface area contributed by atoms with Crippen molar-refractivity contribution in [3.05, 3.63) is 77.2 Å². The van der Waals surface area contributed by atoms with E-state index in [1.807, 2.05) is 17.7 Å². The Kier molecular flexibility index (Phi) is 6.58. The average molecular weight is 442 g/mol. The molecule has 6 heteroatoms. The minimum Gasteiger partial charge on any atom is -0.363 e.